The van der Waals surface area contributed by atoms with Gasteiger partial charge in [-0.15, -0.1) is 11.3 Å². The zero-order valence-electron chi connectivity index (χ0n) is 12.6. The number of aliphatic hydroxyl groups excluding tert-OH is 1. The Kier molecular flexibility index (Phi) is 4.43. The van der Waals surface area contributed by atoms with Crippen molar-refractivity contribution >= 4 is 11.3 Å². The van der Waals surface area contributed by atoms with Crippen molar-refractivity contribution in [3.63, 3.8) is 0 Å². The van der Waals surface area contributed by atoms with Crippen molar-refractivity contribution in [2.24, 2.45) is 11.8 Å². The van der Waals surface area contributed by atoms with Crippen molar-refractivity contribution in [3.05, 3.63) is 15.6 Å². The minimum atomic E-state index is -0.147. The third-order valence-corrected chi connectivity index (χ3v) is 6.01. The quantitative estimate of drug-likeness (QED) is 0.931. The molecule has 0 spiro atoms. The average molecular weight is 294 g/mol. The van der Waals surface area contributed by atoms with Gasteiger partial charge in [-0.25, -0.2) is 4.98 Å². The molecule has 1 fully saturated rings. The van der Waals surface area contributed by atoms with Crippen LogP contribution in [0.5, 0.6) is 0 Å². The van der Waals surface area contributed by atoms with Gasteiger partial charge in [0.15, 0.2) is 0 Å². The summed E-state index contributed by atoms with van der Waals surface area (Å²) in [5, 5.41) is 11.0. The van der Waals surface area contributed by atoms with E-state index in [1.807, 2.05) is 18.3 Å². The highest BCUT2D eigenvalue weighted by Crippen LogP contribution is 2.31. The second kappa shape index (κ2) is 6.12. The van der Waals surface area contributed by atoms with Crippen molar-refractivity contribution in [1.82, 2.24) is 9.88 Å². The lowest BCUT2D eigenvalue weighted by Crippen LogP contribution is -2.36. The summed E-state index contributed by atoms with van der Waals surface area (Å²) in [5.41, 5.74) is 1.38. The summed E-state index contributed by atoms with van der Waals surface area (Å²) in [5.74, 6) is 1.33. The monoisotopic (exact) mass is 294 g/mol. The molecule has 1 aliphatic heterocycles. The van der Waals surface area contributed by atoms with Crippen LogP contribution in [0.2, 0.25) is 0 Å². The molecule has 0 radical (unpaired) electrons. The molecule has 3 rings (SSSR count). The van der Waals surface area contributed by atoms with Crippen molar-refractivity contribution in [3.8, 4) is 0 Å². The van der Waals surface area contributed by atoms with Crippen LogP contribution in [0.25, 0.3) is 0 Å². The molecule has 2 unspecified atom stereocenters. The van der Waals surface area contributed by atoms with Gasteiger partial charge in [0, 0.05) is 4.88 Å². The number of fused-ring (bicyclic) bond motifs is 1. The topological polar surface area (TPSA) is 36.4 Å². The number of aromatic nitrogens is 1. The van der Waals surface area contributed by atoms with Crippen molar-refractivity contribution in [2.45, 2.75) is 58.6 Å². The second-order valence-corrected chi connectivity index (χ2v) is 7.85. The van der Waals surface area contributed by atoms with Crippen LogP contribution in [0.1, 0.15) is 48.7 Å². The van der Waals surface area contributed by atoms with E-state index in [1.165, 1.54) is 34.8 Å². The van der Waals surface area contributed by atoms with E-state index in [4.69, 9.17) is 4.98 Å². The Balaban J connectivity index is 1.57. The van der Waals surface area contributed by atoms with Crippen LogP contribution in [0.15, 0.2) is 0 Å². The SMILES string of the molecule is CC1CCc2nc(CN3CCC(C(C)O)CC3)sc2C1. The molecule has 112 valence electrons. The van der Waals surface area contributed by atoms with Gasteiger partial charge in [-0.2, -0.15) is 0 Å². The summed E-state index contributed by atoms with van der Waals surface area (Å²) in [6.07, 6.45) is 5.81. The fourth-order valence-electron chi connectivity index (χ4n) is 3.45. The van der Waals surface area contributed by atoms with Gasteiger partial charge in [0.05, 0.1) is 18.3 Å². The number of thiazole rings is 1. The Morgan fingerprint density at radius 3 is 2.80 bits per heavy atom. The zero-order valence-corrected chi connectivity index (χ0v) is 13.5. The molecule has 3 nitrogen and oxygen atoms in total. The summed E-state index contributed by atoms with van der Waals surface area (Å²) in [6.45, 7) is 7.50. The Morgan fingerprint density at radius 1 is 1.35 bits per heavy atom. The number of likely N-dealkylation sites (tertiary alicyclic amines) is 1. The lowest BCUT2D eigenvalue weighted by atomic mass is 9.92. The largest absolute Gasteiger partial charge is 0.393 e. The molecule has 2 atom stereocenters. The molecule has 1 saturated heterocycles. The number of hydrogen-bond donors (Lipinski definition) is 1. The van der Waals surface area contributed by atoms with E-state index in [0.29, 0.717) is 5.92 Å². The zero-order chi connectivity index (χ0) is 14.1. The van der Waals surface area contributed by atoms with Gasteiger partial charge in [0.1, 0.15) is 5.01 Å². The van der Waals surface area contributed by atoms with E-state index in [2.05, 4.69) is 11.8 Å². The van der Waals surface area contributed by atoms with Gasteiger partial charge >= 0.3 is 0 Å². The number of rotatable bonds is 3. The van der Waals surface area contributed by atoms with Crippen molar-refractivity contribution in [1.29, 1.82) is 0 Å². The minimum Gasteiger partial charge on any atom is -0.393 e. The van der Waals surface area contributed by atoms with Gasteiger partial charge in [-0.3, -0.25) is 4.90 Å². The highest BCUT2D eigenvalue weighted by Gasteiger charge is 2.24. The Morgan fingerprint density at radius 2 is 2.10 bits per heavy atom. The van der Waals surface area contributed by atoms with Crippen LogP contribution in [0.4, 0.5) is 0 Å². The van der Waals surface area contributed by atoms with Crippen LogP contribution < -0.4 is 0 Å². The minimum absolute atomic E-state index is 0.147. The molecule has 1 N–H and O–H groups in total. The van der Waals surface area contributed by atoms with Crippen LogP contribution in [-0.4, -0.2) is 34.2 Å². The maximum absolute atomic E-state index is 9.66. The fourth-order valence-corrected chi connectivity index (χ4v) is 4.77. The molecule has 0 amide bonds. The first-order valence-corrected chi connectivity index (χ1v) is 8.81. The van der Waals surface area contributed by atoms with E-state index in [-0.39, 0.29) is 6.10 Å². The fraction of sp³-hybridized carbons (Fsp3) is 0.812. The van der Waals surface area contributed by atoms with Gasteiger partial charge in [-0.05, 0) is 64.0 Å². The summed E-state index contributed by atoms with van der Waals surface area (Å²) < 4.78 is 0. The van der Waals surface area contributed by atoms with Crippen LogP contribution in [-0.2, 0) is 19.4 Å². The first kappa shape index (κ1) is 14.5. The van der Waals surface area contributed by atoms with E-state index in [9.17, 15) is 5.11 Å². The number of piperidine rings is 1. The molecule has 4 heteroatoms. The number of aryl methyl sites for hydroxylation is 1. The maximum Gasteiger partial charge on any atom is 0.107 e. The number of nitrogens with zero attached hydrogens (tertiary/aromatic N) is 2. The van der Waals surface area contributed by atoms with Crippen LogP contribution in [0, 0.1) is 11.8 Å². The molecule has 20 heavy (non-hydrogen) atoms. The van der Waals surface area contributed by atoms with Gasteiger partial charge in [0.2, 0.25) is 0 Å². The predicted octanol–water partition coefficient (Wildman–Crippen LogP) is 2.86. The molecule has 0 aromatic carbocycles. The summed E-state index contributed by atoms with van der Waals surface area (Å²) in [4.78, 5) is 8.91. The summed E-state index contributed by atoms with van der Waals surface area (Å²) >= 11 is 1.94. The molecular weight excluding hydrogens is 268 g/mol. The lowest BCUT2D eigenvalue weighted by molar-refractivity contribution is 0.0695. The van der Waals surface area contributed by atoms with E-state index in [0.717, 1.165) is 38.4 Å². The molecular formula is C16H26N2OS. The highest BCUT2D eigenvalue weighted by atomic mass is 32.1. The molecule has 0 saturated carbocycles. The first-order chi connectivity index (χ1) is 9.61. The normalized spacial score (nSPS) is 26.4. The average Bonchev–Trinajstić information content (AvgIpc) is 2.80. The number of aliphatic hydroxyl groups is 1. The van der Waals surface area contributed by atoms with Gasteiger partial charge in [-0.1, -0.05) is 6.92 Å². The summed E-state index contributed by atoms with van der Waals surface area (Å²) in [6, 6.07) is 0. The molecule has 1 aromatic rings. The van der Waals surface area contributed by atoms with Crippen LogP contribution >= 0.6 is 11.3 Å². The smallest absolute Gasteiger partial charge is 0.107 e. The van der Waals surface area contributed by atoms with E-state index < -0.39 is 0 Å². The molecule has 2 heterocycles. The van der Waals surface area contributed by atoms with E-state index in [1.54, 1.807) is 0 Å². The standard InChI is InChI=1S/C16H26N2OS/c1-11-3-4-14-15(9-11)20-16(17-14)10-18-7-5-13(6-8-18)12(2)19/h11-13,19H,3-10H2,1-2H3. The van der Waals surface area contributed by atoms with Crippen molar-refractivity contribution in [2.75, 3.05) is 13.1 Å². The molecule has 1 aromatic heterocycles. The highest BCUT2D eigenvalue weighted by molar-refractivity contribution is 7.11. The van der Waals surface area contributed by atoms with Crippen molar-refractivity contribution < 1.29 is 5.11 Å². The third kappa shape index (κ3) is 3.23. The maximum atomic E-state index is 9.66. The number of hydrogen-bond acceptors (Lipinski definition) is 4. The Hall–Kier alpha value is -0.450. The van der Waals surface area contributed by atoms with Gasteiger partial charge < -0.3 is 5.11 Å². The Labute approximate surface area is 126 Å². The Bertz CT molecular complexity index is 449. The summed E-state index contributed by atoms with van der Waals surface area (Å²) in [7, 11) is 0. The molecule has 1 aliphatic carbocycles. The molecule has 2 aliphatic rings. The third-order valence-electron chi connectivity index (χ3n) is 4.90. The van der Waals surface area contributed by atoms with E-state index >= 15 is 0 Å². The lowest BCUT2D eigenvalue weighted by Gasteiger charge is -2.32. The first-order valence-electron chi connectivity index (χ1n) is 7.99. The predicted molar refractivity (Wildman–Crippen MR) is 83.0 cm³/mol. The molecule has 0 bridgehead atoms. The second-order valence-electron chi connectivity index (χ2n) is 6.68. The van der Waals surface area contributed by atoms with Crippen LogP contribution in [0.3, 0.4) is 0 Å². The van der Waals surface area contributed by atoms with Gasteiger partial charge in [0.25, 0.3) is 0 Å².